The fourth-order valence-corrected chi connectivity index (χ4v) is 4.60. The monoisotopic (exact) mass is 445 g/mol. The van der Waals surface area contributed by atoms with Gasteiger partial charge in [-0.2, -0.15) is 0 Å². The van der Waals surface area contributed by atoms with Crippen LogP contribution in [0, 0.1) is 0 Å². The maximum atomic E-state index is 13.1. The van der Waals surface area contributed by atoms with Crippen molar-refractivity contribution in [1.82, 2.24) is 9.88 Å². The summed E-state index contributed by atoms with van der Waals surface area (Å²) >= 11 is 3.04. The van der Waals surface area contributed by atoms with Gasteiger partial charge in [0, 0.05) is 18.0 Å². The molecule has 0 aliphatic carbocycles. The molecule has 3 aromatic rings. The predicted molar refractivity (Wildman–Crippen MR) is 125 cm³/mol. The Bertz CT molecular complexity index is 973. The van der Waals surface area contributed by atoms with Crippen molar-refractivity contribution >= 4 is 44.4 Å². The molecule has 1 amide bonds. The van der Waals surface area contributed by atoms with E-state index >= 15 is 0 Å². The third-order valence-corrected chi connectivity index (χ3v) is 6.42. The van der Waals surface area contributed by atoms with Gasteiger partial charge in [0.1, 0.15) is 11.5 Å². The molecule has 30 heavy (non-hydrogen) atoms. The SMILES string of the molecule is CCOc1ccc2nc(N(CCN(C)C)C(=O)CSc3ccc(OC)cc3)sc2c1. The number of carbonyl (C=O) groups excluding carboxylic acids is 1. The van der Waals surface area contributed by atoms with Gasteiger partial charge in [-0.25, -0.2) is 4.98 Å². The molecule has 1 aromatic heterocycles. The normalized spacial score (nSPS) is 11.1. The molecule has 1 heterocycles. The average molecular weight is 446 g/mol. The molecular formula is C22H27N3O3S2. The second-order valence-electron chi connectivity index (χ2n) is 6.87. The highest BCUT2D eigenvalue weighted by atomic mass is 32.2. The summed E-state index contributed by atoms with van der Waals surface area (Å²) in [6, 6.07) is 13.6. The predicted octanol–water partition coefficient (Wildman–Crippen LogP) is 4.39. The van der Waals surface area contributed by atoms with Crippen molar-refractivity contribution in [3.8, 4) is 11.5 Å². The van der Waals surface area contributed by atoms with E-state index in [1.165, 1.54) is 23.1 Å². The number of fused-ring (bicyclic) bond motifs is 1. The number of amides is 1. The Balaban J connectivity index is 1.77. The van der Waals surface area contributed by atoms with E-state index in [0.717, 1.165) is 38.3 Å². The quantitative estimate of drug-likeness (QED) is 0.432. The molecule has 2 aromatic carbocycles. The number of thiazole rings is 1. The summed E-state index contributed by atoms with van der Waals surface area (Å²) in [4.78, 5) is 22.7. The molecule has 0 saturated carbocycles. The lowest BCUT2D eigenvalue weighted by Gasteiger charge is -2.21. The van der Waals surface area contributed by atoms with Gasteiger partial charge in [-0.05, 0) is 63.5 Å². The van der Waals surface area contributed by atoms with E-state index < -0.39 is 0 Å². The molecule has 0 aliphatic rings. The van der Waals surface area contributed by atoms with Gasteiger partial charge < -0.3 is 14.4 Å². The Kier molecular flexibility index (Phi) is 7.95. The van der Waals surface area contributed by atoms with Crippen molar-refractivity contribution in [2.75, 3.05) is 51.6 Å². The van der Waals surface area contributed by atoms with Crippen LogP contribution < -0.4 is 14.4 Å². The van der Waals surface area contributed by atoms with Crippen LogP contribution >= 0.6 is 23.1 Å². The van der Waals surface area contributed by atoms with Gasteiger partial charge in [-0.1, -0.05) is 11.3 Å². The second kappa shape index (κ2) is 10.7. The summed E-state index contributed by atoms with van der Waals surface area (Å²) < 4.78 is 11.8. The summed E-state index contributed by atoms with van der Waals surface area (Å²) in [5.41, 5.74) is 0.879. The van der Waals surface area contributed by atoms with Crippen LogP contribution in [0.2, 0.25) is 0 Å². The van der Waals surface area contributed by atoms with Gasteiger partial charge in [0.2, 0.25) is 5.91 Å². The van der Waals surface area contributed by atoms with E-state index in [4.69, 9.17) is 14.5 Å². The molecule has 0 bridgehead atoms. The van der Waals surface area contributed by atoms with Gasteiger partial charge in [-0.15, -0.1) is 11.8 Å². The molecular weight excluding hydrogens is 418 g/mol. The number of aromatic nitrogens is 1. The van der Waals surface area contributed by atoms with Crippen LogP contribution in [0.3, 0.4) is 0 Å². The average Bonchev–Trinajstić information content (AvgIpc) is 3.15. The third-order valence-electron chi connectivity index (χ3n) is 4.38. The maximum Gasteiger partial charge on any atom is 0.239 e. The molecule has 0 N–H and O–H groups in total. The number of nitrogens with zero attached hydrogens (tertiary/aromatic N) is 3. The summed E-state index contributed by atoms with van der Waals surface area (Å²) in [6.07, 6.45) is 0. The Hall–Kier alpha value is -2.29. The van der Waals surface area contributed by atoms with Gasteiger partial charge in [-0.3, -0.25) is 9.69 Å². The molecule has 160 valence electrons. The third kappa shape index (κ3) is 5.87. The number of benzene rings is 2. The highest BCUT2D eigenvalue weighted by Crippen LogP contribution is 2.32. The van der Waals surface area contributed by atoms with Crippen molar-refractivity contribution in [3.63, 3.8) is 0 Å². The van der Waals surface area contributed by atoms with Gasteiger partial charge in [0.25, 0.3) is 0 Å². The number of hydrogen-bond acceptors (Lipinski definition) is 7. The number of carbonyl (C=O) groups is 1. The highest BCUT2D eigenvalue weighted by molar-refractivity contribution is 8.00. The maximum absolute atomic E-state index is 13.1. The number of methoxy groups -OCH3 is 1. The van der Waals surface area contributed by atoms with Crippen molar-refractivity contribution in [2.24, 2.45) is 0 Å². The van der Waals surface area contributed by atoms with Crippen molar-refractivity contribution in [3.05, 3.63) is 42.5 Å². The Labute approximate surface area is 185 Å². The number of thioether (sulfide) groups is 1. The number of hydrogen-bond donors (Lipinski definition) is 0. The molecule has 0 saturated heterocycles. The molecule has 0 unspecified atom stereocenters. The molecule has 3 rings (SSSR count). The first kappa shape index (κ1) is 22.4. The van der Waals surface area contributed by atoms with Crippen molar-refractivity contribution in [2.45, 2.75) is 11.8 Å². The second-order valence-corrected chi connectivity index (χ2v) is 8.93. The zero-order chi connectivity index (χ0) is 21.5. The van der Waals surface area contributed by atoms with E-state index in [-0.39, 0.29) is 5.91 Å². The van der Waals surface area contributed by atoms with E-state index in [1.807, 2.05) is 63.5 Å². The van der Waals surface area contributed by atoms with Crippen LogP contribution in [-0.4, -0.2) is 62.4 Å². The summed E-state index contributed by atoms with van der Waals surface area (Å²) in [7, 11) is 5.65. The van der Waals surface area contributed by atoms with Crippen LogP contribution in [0.15, 0.2) is 47.4 Å². The Morgan fingerprint density at radius 3 is 2.50 bits per heavy atom. The van der Waals surface area contributed by atoms with Crippen LogP contribution in [0.5, 0.6) is 11.5 Å². The zero-order valence-electron chi connectivity index (χ0n) is 17.8. The van der Waals surface area contributed by atoms with Crippen LogP contribution in [-0.2, 0) is 4.79 Å². The molecule has 8 heteroatoms. The Morgan fingerprint density at radius 2 is 1.83 bits per heavy atom. The minimum Gasteiger partial charge on any atom is -0.497 e. The molecule has 0 atom stereocenters. The molecule has 0 aliphatic heterocycles. The summed E-state index contributed by atoms with van der Waals surface area (Å²) in [5, 5.41) is 0.723. The largest absolute Gasteiger partial charge is 0.497 e. The first-order valence-electron chi connectivity index (χ1n) is 9.75. The topological polar surface area (TPSA) is 54.9 Å². The van der Waals surface area contributed by atoms with E-state index in [1.54, 1.807) is 12.0 Å². The number of ether oxygens (including phenoxy) is 2. The van der Waals surface area contributed by atoms with E-state index in [2.05, 4.69) is 4.90 Å². The van der Waals surface area contributed by atoms with Crippen LogP contribution in [0.1, 0.15) is 6.92 Å². The smallest absolute Gasteiger partial charge is 0.239 e. The lowest BCUT2D eigenvalue weighted by Crippen LogP contribution is -2.37. The Morgan fingerprint density at radius 1 is 1.10 bits per heavy atom. The van der Waals surface area contributed by atoms with E-state index in [9.17, 15) is 4.79 Å². The summed E-state index contributed by atoms with van der Waals surface area (Å²) in [5.74, 6) is 2.02. The lowest BCUT2D eigenvalue weighted by atomic mass is 10.3. The fraction of sp³-hybridized carbons (Fsp3) is 0.364. The van der Waals surface area contributed by atoms with Crippen molar-refractivity contribution in [1.29, 1.82) is 0 Å². The molecule has 0 spiro atoms. The van der Waals surface area contributed by atoms with Crippen LogP contribution in [0.4, 0.5) is 5.13 Å². The van der Waals surface area contributed by atoms with Gasteiger partial charge in [0.15, 0.2) is 5.13 Å². The number of rotatable bonds is 10. The molecule has 0 radical (unpaired) electrons. The molecule has 0 fully saturated rings. The fourth-order valence-electron chi connectivity index (χ4n) is 2.79. The highest BCUT2D eigenvalue weighted by Gasteiger charge is 2.20. The first-order chi connectivity index (χ1) is 14.5. The minimum absolute atomic E-state index is 0.0433. The van der Waals surface area contributed by atoms with Gasteiger partial charge in [0.05, 0.1) is 29.7 Å². The first-order valence-corrected chi connectivity index (χ1v) is 11.6. The number of likely N-dealkylation sites (N-methyl/N-ethyl adjacent to an activating group) is 1. The lowest BCUT2D eigenvalue weighted by molar-refractivity contribution is -0.116. The standard InChI is InChI=1S/C22H27N3O3S2/c1-5-28-17-8-11-19-20(14-17)30-22(23-19)25(13-12-24(2)3)21(26)15-29-18-9-6-16(27-4)7-10-18/h6-11,14H,5,12-13,15H2,1-4H3. The van der Waals surface area contributed by atoms with Crippen LogP contribution in [0.25, 0.3) is 10.2 Å². The summed E-state index contributed by atoms with van der Waals surface area (Å²) in [6.45, 7) is 3.93. The minimum atomic E-state index is 0.0433. The zero-order valence-corrected chi connectivity index (χ0v) is 19.4. The molecule has 6 nitrogen and oxygen atoms in total. The van der Waals surface area contributed by atoms with Crippen molar-refractivity contribution < 1.29 is 14.3 Å². The van der Waals surface area contributed by atoms with Gasteiger partial charge >= 0.3 is 0 Å². The number of anilines is 1. The van der Waals surface area contributed by atoms with E-state index in [0.29, 0.717) is 18.9 Å².